The summed E-state index contributed by atoms with van der Waals surface area (Å²) in [6.07, 6.45) is 4.93. The number of halogens is 1. The first kappa shape index (κ1) is 14.6. The van der Waals surface area contributed by atoms with Crippen molar-refractivity contribution in [3.05, 3.63) is 45.0 Å². The molecule has 0 amide bonds. The van der Waals surface area contributed by atoms with Gasteiger partial charge in [-0.1, -0.05) is 0 Å². The van der Waals surface area contributed by atoms with E-state index in [1.54, 1.807) is 35.9 Å². The summed E-state index contributed by atoms with van der Waals surface area (Å²) in [6.45, 7) is 0. The molecule has 1 aromatic carbocycles. The van der Waals surface area contributed by atoms with E-state index < -0.39 is 5.97 Å². The van der Waals surface area contributed by atoms with Gasteiger partial charge in [-0.05, 0) is 59.0 Å². The molecule has 4 rings (SSSR count). The van der Waals surface area contributed by atoms with Crippen LogP contribution in [0.4, 0.5) is 11.5 Å². The molecular weight excluding hydrogens is 378 g/mol. The highest BCUT2D eigenvalue weighted by atomic mass is 79.9. The molecular formula is C16H12BrN3O2S. The number of aromatic nitrogens is 2. The van der Waals surface area contributed by atoms with E-state index >= 15 is 0 Å². The first-order valence-corrected chi connectivity index (χ1v) is 8.79. The molecule has 0 bridgehead atoms. The highest BCUT2D eigenvalue weighted by molar-refractivity contribution is 9.10. The van der Waals surface area contributed by atoms with E-state index in [1.807, 2.05) is 0 Å². The van der Waals surface area contributed by atoms with E-state index in [-0.39, 0.29) is 5.56 Å². The van der Waals surface area contributed by atoms with Crippen molar-refractivity contribution < 1.29 is 9.90 Å². The minimum atomic E-state index is -0.947. The minimum absolute atomic E-state index is 0.242. The van der Waals surface area contributed by atoms with Crippen molar-refractivity contribution in [1.29, 1.82) is 0 Å². The van der Waals surface area contributed by atoms with Crippen LogP contribution in [0.3, 0.4) is 0 Å². The van der Waals surface area contributed by atoms with E-state index in [4.69, 9.17) is 5.11 Å². The van der Waals surface area contributed by atoms with Gasteiger partial charge in [0.1, 0.15) is 17.0 Å². The van der Waals surface area contributed by atoms with Crippen LogP contribution in [-0.2, 0) is 12.8 Å². The minimum Gasteiger partial charge on any atom is -0.478 e. The quantitative estimate of drug-likeness (QED) is 0.694. The fraction of sp³-hybridized carbons (Fsp3) is 0.188. The number of carboxylic acid groups (broad SMARTS) is 1. The number of nitrogens with zero attached hydrogens (tertiary/aromatic N) is 2. The van der Waals surface area contributed by atoms with E-state index in [9.17, 15) is 4.79 Å². The SMILES string of the molecule is O=C(O)c1ccc(Nc2ncnc3sc4c(c23)CCC4)c(Br)c1. The Balaban J connectivity index is 1.78. The van der Waals surface area contributed by atoms with E-state index in [0.717, 1.165) is 34.6 Å². The molecule has 0 aliphatic heterocycles. The van der Waals surface area contributed by atoms with Gasteiger partial charge in [0.15, 0.2) is 0 Å². The standard InChI is InChI=1S/C16H12BrN3O2S/c17-10-6-8(16(21)22)4-5-11(10)20-14-13-9-2-1-3-12(9)23-15(13)19-7-18-14/h4-7H,1-3H2,(H,21,22)(H,18,19,20). The van der Waals surface area contributed by atoms with Crippen LogP contribution in [0.2, 0.25) is 0 Å². The first-order chi connectivity index (χ1) is 11.1. The van der Waals surface area contributed by atoms with E-state index in [2.05, 4.69) is 31.2 Å². The summed E-state index contributed by atoms with van der Waals surface area (Å²) >= 11 is 5.16. The van der Waals surface area contributed by atoms with Gasteiger partial charge in [-0.3, -0.25) is 0 Å². The number of hydrogen-bond donors (Lipinski definition) is 2. The van der Waals surface area contributed by atoms with Gasteiger partial charge in [0.2, 0.25) is 0 Å². The largest absolute Gasteiger partial charge is 0.478 e. The molecule has 2 heterocycles. The second kappa shape index (κ2) is 5.58. The Labute approximate surface area is 144 Å². The van der Waals surface area contributed by atoms with Crippen molar-refractivity contribution in [3.8, 4) is 0 Å². The molecule has 116 valence electrons. The molecule has 0 saturated carbocycles. The lowest BCUT2D eigenvalue weighted by Crippen LogP contribution is -2.00. The lowest BCUT2D eigenvalue weighted by atomic mass is 10.1. The average molecular weight is 390 g/mol. The summed E-state index contributed by atoms with van der Waals surface area (Å²) < 4.78 is 0.691. The summed E-state index contributed by atoms with van der Waals surface area (Å²) in [4.78, 5) is 22.2. The molecule has 0 atom stereocenters. The zero-order valence-electron chi connectivity index (χ0n) is 12.0. The third-order valence-electron chi connectivity index (χ3n) is 3.97. The Hall–Kier alpha value is -1.99. The second-order valence-electron chi connectivity index (χ2n) is 5.38. The lowest BCUT2D eigenvalue weighted by Gasteiger charge is -2.10. The normalized spacial score (nSPS) is 13.3. The maximum Gasteiger partial charge on any atom is 0.335 e. The summed E-state index contributed by atoms with van der Waals surface area (Å²) in [6, 6.07) is 4.90. The van der Waals surface area contributed by atoms with Crippen LogP contribution >= 0.6 is 27.3 Å². The van der Waals surface area contributed by atoms with Gasteiger partial charge in [-0.15, -0.1) is 11.3 Å². The number of nitrogens with one attached hydrogen (secondary N) is 1. The number of carboxylic acids is 1. The van der Waals surface area contributed by atoms with E-state index in [0.29, 0.717) is 4.47 Å². The number of aryl methyl sites for hydroxylation is 2. The van der Waals surface area contributed by atoms with Gasteiger partial charge in [-0.2, -0.15) is 0 Å². The van der Waals surface area contributed by atoms with Gasteiger partial charge < -0.3 is 10.4 Å². The van der Waals surface area contributed by atoms with Gasteiger partial charge in [0.05, 0.1) is 16.6 Å². The molecule has 0 fully saturated rings. The molecule has 2 N–H and O–H groups in total. The molecule has 23 heavy (non-hydrogen) atoms. The molecule has 0 saturated heterocycles. The van der Waals surface area contributed by atoms with Crippen LogP contribution < -0.4 is 5.32 Å². The second-order valence-corrected chi connectivity index (χ2v) is 7.32. The zero-order valence-corrected chi connectivity index (χ0v) is 14.4. The summed E-state index contributed by atoms with van der Waals surface area (Å²) in [7, 11) is 0. The molecule has 3 aromatic rings. The predicted octanol–water partition coefficient (Wildman–Crippen LogP) is 4.38. The van der Waals surface area contributed by atoms with Crippen LogP contribution in [0.5, 0.6) is 0 Å². The number of thiophene rings is 1. The van der Waals surface area contributed by atoms with Gasteiger partial charge >= 0.3 is 5.97 Å². The smallest absolute Gasteiger partial charge is 0.335 e. The van der Waals surface area contributed by atoms with Gasteiger partial charge in [-0.25, -0.2) is 14.8 Å². The molecule has 1 aliphatic carbocycles. The van der Waals surface area contributed by atoms with Crippen molar-refractivity contribution in [1.82, 2.24) is 9.97 Å². The topological polar surface area (TPSA) is 75.1 Å². The van der Waals surface area contributed by atoms with Crippen LogP contribution in [0, 0.1) is 0 Å². The van der Waals surface area contributed by atoms with Crippen LogP contribution in [0.25, 0.3) is 10.2 Å². The molecule has 5 nitrogen and oxygen atoms in total. The number of anilines is 2. The maximum absolute atomic E-state index is 11.0. The third-order valence-corrected chi connectivity index (χ3v) is 5.83. The van der Waals surface area contributed by atoms with Crippen molar-refractivity contribution >= 4 is 55.0 Å². The molecule has 0 radical (unpaired) electrons. The fourth-order valence-electron chi connectivity index (χ4n) is 2.90. The van der Waals surface area contributed by atoms with Gasteiger partial charge in [0, 0.05) is 9.35 Å². The van der Waals surface area contributed by atoms with Crippen molar-refractivity contribution in [2.75, 3.05) is 5.32 Å². The average Bonchev–Trinajstić information content (AvgIpc) is 3.09. The molecule has 2 aromatic heterocycles. The predicted molar refractivity (Wildman–Crippen MR) is 93.8 cm³/mol. The summed E-state index contributed by atoms with van der Waals surface area (Å²) in [5.74, 6) is -0.171. The number of fused-ring (bicyclic) bond motifs is 3. The van der Waals surface area contributed by atoms with Crippen LogP contribution in [-0.4, -0.2) is 21.0 Å². The lowest BCUT2D eigenvalue weighted by molar-refractivity contribution is 0.0697. The van der Waals surface area contributed by atoms with Gasteiger partial charge in [0.25, 0.3) is 0 Å². The number of rotatable bonds is 3. The molecule has 0 spiro atoms. The van der Waals surface area contributed by atoms with Crippen molar-refractivity contribution in [2.45, 2.75) is 19.3 Å². The fourth-order valence-corrected chi connectivity index (χ4v) is 4.61. The number of aromatic carboxylic acids is 1. The Morgan fingerprint density at radius 2 is 2.17 bits per heavy atom. The zero-order chi connectivity index (χ0) is 16.0. The Morgan fingerprint density at radius 3 is 2.96 bits per heavy atom. The maximum atomic E-state index is 11.0. The number of hydrogen-bond acceptors (Lipinski definition) is 5. The monoisotopic (exact) mass is 389 g/mol. The number of benzene rings is 1. The van der Waals surface area contributed by atoms with Crippen LogP contribution in [0.1, 0.15) is 27.2 Å². The molecule has 1 aliphatic rings. The third kappa shape index (κ3) is 2.49. The summed E-state index contributed by atoms with van der Waals surface area (Å²) in [5.41, 5.74) is 2.38. The van der Waals surface area contributed by atoms with Crippen LogP contribution in [0.15, 0.2) is 29.0 Å². The van der Waals surface area contributed by atoms with Crippen molar-refractivity contribution in [2.24, 2.45) is 0 Å². The number of carbonyl (C=O) groups is 1. The molecule has 7 heteroatoms. The Kier molecular flexibility index (Phi) is 3.54. The first-order valence-electron chi connectivity index (χ1n) is 7.18. The summed E-state index contributed by atoms with van der Waals surface area (Å²) in [5, 5.41) is 13.5. The Morgan fingerprint density at radius 1 is 1.30 bits per heavy atom. The highest BCUT2D eigenvalue weighted by Gasteiger charge is 2.21. The molecule has 0 unspecified atom stereocenters. The van der Waals surface area contributed by atoms with Crippen molar-refractivity contribution in [3.63, 3.8) is 0 Å². The van der Waals surface area contributed by atoms with E-state index in [1.165, 1.54) is 16.9 Å². The highest BCUT2D eigenvalue weighted by Crippen LogP contribution is 2.40. The Bertz CT molecular complexity index is 938.